The van der Waals surface area contributed by atoms with Crippen LogP contribution in [0.4, 0.5) is 5.69 Å². The molecule has 0 saturated carbocycles. The third-order valence-corrected chi connectivity index (χ3v) is 3.63. The molecule has 0 aliphatic heterocycles. The molecule has 1 aromatic heterocycles. The average Bonchev–Trinajstić information content (AvgIpc) is 2.62. The minimum absolute atomic E-state index is 0.126. The van der Waals surface area contributed by atoms with Crippen molar-refractivity contribution in [2.75, 3.05) is 12.4 Å². The number of benzene rings is 1. The molecule has 2 rings (SSSR count). The van der Waals surface area contributed by atoms with Gasteiger partial charge in [0.05, 0.1) is 19.0 Å². The van der Waals surface area contributed by atoms with Gasteiger partial charge in [0.2, 0.25) is 5.91 Å². The predicted molar refractivity (Wildman–Crippen MR) is 93.5 cm³/mol. The lowest BCUT2D eigenvalue weighted by molar-refractivity contribution is -0.116. The van der Waals surface area contributed by atoms with Gasteiger partial charge in [0.15, 0.2) is 0 Å². The van der Waals surface area contributed by atoms with Crippen molar-refractivity contribution < 1.29 is 14.3 Å². The maximum atomic E-state index is 12.1. The summed E-state index contributed by atoms with van der Waals surface area (Å²) in [5.74, 6) is -0.797. The molecule has 132 valence electrons. The van der Waals surface area contributed by atoms with Crippen molar-refractivity contribution in [3.05, 3.63) is 58.3 Å². The van der Waals surface area contributed by atoms with Gasteiger partial charge in [-0.2, -0.15) is 0 Å². The first-order valence-corrected chi connectivity index (χ1v) is 8.07. The van der Waals surface area contributed by atoms with Crippen LogP contribution >= 0.6 is 0 Å². The molecule has 25 heavy (non-hydrogen) atoms. The summed E-state index contributed by atoms with van der Waals surface area (Å²) in [5.41, 5.74) is 1.40. The van der Waals surface area contributed by atoms with Gasteiger partial charge in [0, 0.05) is 17.4 Å². The number of aryl methyl sites for hydroxylation is 1. The normalized spacial score (nSPS) is 10.3. The highest BCUT2D eigenvalue weighted by atomic mass is 16.5. The molecule has 1 N–H and O–H groups in total. The van der Waals surface area contributed by atoms with Gasteiger partial charge in [0.25, 0.3) is 5.56 Å². The van der Waals surface area contributed by atoms with Gasteiger partial charge in [-0.25, -0.2) is 9.78 Å². The Kier molecular flexibility index (Phi) is 6.45. The highest BCUT2D eigenvalue weighted by Crippen LogP contribution is 2.10. The first-order chi connectivity index (χ1) is 12.0. The molecule has 0 saturated heterocycles. The number of hydrogen-bond acceptors (Lipinski definition) is 5. The predicted octanol–water partition coefficient (Wildman–Crippen LogP) is 2.01. The first-order valence-electron chi connectivity index (χ1n) is 8.07. The lowest BCUT2D eigenvalue weighted by Crippen LogP contribution is -2.27. The molecule has 0 aliphatic carbocycles. The van der Waals surface area contributed by atoms with Gasteiger partial charge >= 0.3 is 5.97 Å². The van der Waals surface area contributed by atoms with E-state index in [4.69, 9.17) is 0 Å². The second kappa shape index (κ2) is 8.77. The van der Waals surface area contributed by atoms with Crippen molar-refractivity contribution in [2.45, 2.75) is 32.7 Å². The quantitative estimate of drug-likeness (QED) is 0.777. The maximum Gasteiger partial charge on any atom is 0.337 e. The number of anilines is 1. The molecule has 0 unspecified atom stereocenters. The summed E-state index contributed by atoms with van der Waals surface area (Å²) in [7, 11) is 1.30. The minimum Gasteiger partial charge on any atom is -0.465 e. The molecule has 0 fully saturated rings. The second-order valence-corrected chi connectivity index (χ2v) is 5.57. The highest BCUT2D eigenvalue weighted by Gasteiger charge is 2.08. The number of nitrogens with one attached hydrogen (secondary N) is 1. The minimum atomic E-state index is -0.446. The fraction of sp³-hybridized carbons (Fsp3) is 0.333. The van der Waals surface area contributed by atoms with E-state index in [0.29, 0.717) is 11.3 Å². The Labute approximate surface area is 145 Å². The van der Waals surface area contributed by atoms with E-state index < -0.39 is 5.97 Å². The number of hydrogen-bond donors (Lipinski definition) is 1. The van der Waals surface area contributed by atoms with Crippen LogP contribution in [0.1, 0.15) is 35.8 Å². The Morgan fingerprint density at radius 1 is 1.24 bits per heavy atom. The lowest BCUT2D eigenvalue weighted by atomic mass is 10.2. The van der Waals surface area contributed by atoms with Gasteiger partial charge < -0.3 is 10.1 Å². The van der Waals surface area contributed by atoms with Gasteiger partial charge in [0.1, 0.15) is 6.54 Å². The number of unbranched alkanes of at least 4 members (excludes halogenated alkanes) is 1. The fourth-order valence-corrected chi connectivity index (χ4v) is 2.24. The molecule has 0 aliphatic rings. The van der Waals surface area contributed by atoms with E-state index in [0.717, 1.165) is 25.0 Å². The van der Waals surface area contributed by atoms with E-state index >= 15 is 0 Å². The van der Waals surface area contributed by atoms with Crippen LogP contribution in [-0.2, 0) is 22.5 Å². The average molecular weight is 343 g/mol. The van der Waals surface area contributed by atoms with Crippen LogP contribution in [0.15, 0.2) is 41.5 Å². The van der Waals surface area contributed by atoms with E-state index in [1.807, 2.05) is 0 Å². The second-order valence-electron chi connectivity index (χ2n) is 5.57. The summed E-state index contributed by atoms with van der Waals surface area (Å²) in [6.07, 6.45) is 4.15. The van der Waals surface area contributed by atoms with E-state index in [-0.39, 0.29) is 18.0 Å². The number of carbonyl (C=O) groups excluding carboxylic acids is 2. The van der Waals surface area contributed by atoms with Crippen LogP contribution in [0.3, 0.4) is 0 Å². The maximum absolute atomic E-state index is 12.1. The summed E-state index contributed by atoms with van der Waals surface area (Å²) in [6, 6.07) is 7.77. The number of methoxy groups -OCH3 is 1. The van der Waals surface area contributed by atoms with E-state index in [1.165, 1.54) is 24.1 Å². The molecule has 0 atom stereocenters. The van der Waals surface area contributed by atoms with E-state index in [1.54, 1.807) is 24.3 Å². The molecule has 0 radical (unpaired) electrons. The third kappa shape index (κ3) is 5.27. The number of amides is 1. The Balaban J connectivity index is 1.98. The monoisotopic (exact) mass is 343 g/mol. The van der Waals surface area contributed by atoms with Crippen molar-refractivity contribution in [1.29, 1.82) is 0 Å². The smallest absolute Gasteiger partial charge is 0.337 e. The largest absolute Gasteiger partial charge is 0.465 e. The molecule has 1 aromatic carbocycles. The van der Waals surface area contributed by atoms with Crippen molar-refractivity contribution in [3.63, 3.8) is 0 Å². The van der Waals surface area contributed by atoms with Crippen molar-refractivity contribution in [2.24, 2.45) is 0 Å². The third-order valence-electron chi connectivity index (χ3n) is 3.63. The van der Waals surface area contributed by atoms with Crippen LogP contribution in [-0.4, -0.2) is 28.5 Å². The zero-order valence-corrected chi connectivity index (χ0v) is 14.3. The Morgan fingerprint density at radius 3 is 2.56 bits per heavy atom. The van der Waals surface area contributed by atoms with Gasteiger partial charge in [-0.3, -0.25) is 14.2 Å². The number of aromatic nitrogens is 2. The van der Waals surface area contributed by atoms with Crippen molar-refractivity contribution in [1.82, 2.24) is 9.55 Å². The molecule has 2 aromatic rings. The zero-order chi connectivity index (χ0) is 18.2. The SMILES string of the molecule is CCCCc1cc(=O)n(CC(=O)Nc2ccc(C(=O)OC)cc2)cn1. The summed E-state index contributed by atoms with van der Waals surface area (Å²) in [4.78, 5) is 39.7. The Morgan fingerprint density at radius 2 is 1.96 bits per heavy atom. The topological polar surface area (TPSA) is 90.3 Å². The van der Waals surface area contributed by atoms with E-state index in [9.17, 15) is 14.4 Å². The highest BCUT2D eigenvalue weighted by molar-refractivity contribution is 5.92. The molecule has 1 amide bonds. The zero-order valence-electron chi connectivity index (χ0n) is 14.3. The van der Waals surface area contributed by atoms with Crippen LogP contribution in [0.2, 0.25) is 0 Å². The van der Waals surface area contributed by atoms with Crippen molar-refractivity contribution in [3.8, 4) is 0 Å². The summed E-state index contributed by atoms with van der Waals surface area (Å²) in [6.45, 7) is 1.95. The van der Waals surface area contributed by atoms with Crippen LogP contribution in [0, 0.1) is 0 Å². The molecule has 0 spiro atoms. The number of ether oxygens (including phenoxy) is 1. The molecule has 7 heteroatoms. The Hall–Kier alpha value is -2.96. The van der Waals surface area contributed by atoms with Crippen LogP contribution in [0.5, 0.6) is 0 Å². The van der Waals surface area contributed by atoms with E-state index in [2.05, 4.69) is 22.0 Å². The standard InChI is InChI=1S/C18H21N3O4/c1-3-4-5-15-10-17(23)21(12-19-15)11-16(22)20-14-8-6-13(7-9-14)18(24)25-2/h6-10,12H,3-5,11H2,1-2H3,(H,20,22). The number of carbonyl (C=O) groups is 2. The van der Waals surface area contributed by atoms with Gasteiger partial charge in [-0.05, 0) is 37.1 Å². The van der Waals surface area contributed by atoms with Crippen LogP contribution < -0.4 is 10.9 Å². The number of rotatable bonds is 7. The number of esters is 1. The fourth-order valence-electron chi connectivity index (χ4n) is 2.24. The van der Waals surface area contributed by atoms with Gasteiger partial charge in [-0.1, -0.05) is 13.3 Å². The molecule has 7 nitrogen and oxygen atoms in total. The summed E-state index contributed by atoms with van der Waals surface area (Å²) >= 11 is 0. The molecule has 0 bridgehead atoms. The first kappa shape index (κ1) is 18.4. The van der Waals surface area contributed by atoms with Crippen molar-refractivity contribution >= 4 is 17.6 Å². The Bertz CT molecular complexity index is 797. The van der Waals surface area contributed by atoms with Gasteiger partial charge in [-0.15, -0.1) is 0 Å². The van der Waals surface area contributed by atoms with Crippen LogP contribution in [0.25, 0.3) is 0 Å². The summed E-state index contributed by atoms with van der Waals surface area (Å²) in [5, 5.41) is 2.67. The molecular weight excluding hydrogens is 322 g/mol. The molecule has 1 heterocycles. The summed E-state index contributed by atoms with van der Waals surface area (Å²) < 4.78 is 5.87. The number of nitrogens with zero attached hydrogens (tertiary/aromatic N) is 2. The molecular formula is C18H21N3O4. The lowest BCUT2D eigenvalue weighted by Gasteiger charge is -2.08.